The number of hydrogen-bond acceptors (Lipinski definition) is 3. The van der Waals surface area contributed by atoms with E-state index in [1.165, 1.54) is 0 Å². The van der Waals surface area contributed by atoms with Crippen LogP contribution in [0.3, 0.4) is 0 Å². The third-order valence-corrected chi connectivity index (χ3v) is 2.16. The van der Waals surface area contributed by atoms with Crippen molar-refractivity contribution in [3.8, 4) is 0 Å². The maximum atomic E-state index is 11.8. The smallest absolute Gasteiger partial charge is 0.257 e. The molecular formula is C11H12N4O. The number of nitrogens with two attached hydrogens (primary N) is 1. The molecule has 0 spiro atoms. The molecule has 16 heavy (non-hydrogen) atoms. The van der Waals surface area contributed by atoms with Crippen LogP contribution in [0, 0.1) is 0 Å². The third kappa shape index (κ3) is 2.26. The van der Waals surface area contributed by atoms with E-state index in [2.05, 4.69) is 15.3 Å². The van der Waals surface area contributed by atoms with E-state index in [9.17, 15) is 4.79 Å². The zero-order chi connectivity index (χ0) is 11.4. The van der Waals surface area contributed by atoms with Gasteiger partial charge in [0.05, 0.1) is 0 Å². The Kier molecular flexibility index (Phi) is 2.98. The lowest BCUT2D eigenvalue weighted by molar-refractivity contribution is 0.102. The molecule has 0 fully saturated rings. The first kappa shape index (κ1) is 10.4. The minimum absolute atomic E-state index is 0.203. The first-order valence-corrected chi connectivity index (χ1v) is 4.89. The first-order valence-electron chi connectivity index (χ1n) is 4.89. The van der Waals surface area contributed by atoms with Crippen LogP contribution in [0.1, 0.15) is 15.9 Å². The number of aromatic nitrogens is 2. The van der Waals surface area contributed by atoms with Crippen LogP contribution in [0.2, 0.25) is 0 Å². The number of rotatable bonds is 3. The Morgan fingerprint density at radius 1 is 1.50 bits per heavy atom. The Labute approximate surface area is 92.7 Å². The van der Waals surface area contributed by atoms with Gasteiger partial charge >= 0.3 is 0 Å². The second-order valence-electron chi connectivity index (χ2n) is 3.30. The lowest BCUT2D eigenvalue weighted by Gasteiger charge is -2.03. The predicted molar refractivity (Wildman–Crippen MR) is 60.9 cm³/mol. The summed E-state index contributed by atoms with van der Waals surface area (Å²) in [5, 5.41) is 2.64. The van der Waals surface area contributed by atoms with Gasteiger partial charge in [-0.25, -0.2) is 4.98 Å². The van der Waals surface area contributed by atoms with Crippen LogP contribution in [0.15, 0.2) is 36.7 Å². The maximum Gasteiger partial charge on any atom is 0.257 e. The molecule has 4 N–H and O–H groups in total. The lowest BCUT2D eigenvalue weighted by atomic mass is 10.1. The van der Waals surface area contributed by atoms with Crippen molar-refractivity contribution in [2.45, 2.75) is 6.54 Å². The quantitative estimate of drug-likeness (QED) is 0.718. The van der Waals surface area contributed by atoms with E-state index < -0.39 is 0 Å². The second-order valence-corrected chi connectivity index (χ2v) is 3.30. The monoisotopic (exact) mass is 216 g/mol. The minimum Gasteiger partial charge on any atom is -0.331 e. The molecule has 1 heterocycles. The summed E-state index contributed by atoms with van der Waals surface area (Å²) < 4.78 is 0. The zero-order valence-corrected chi connectivity index (χ0v) is 8.60. The highest BCUT2D eigenvalue weighted by atomic mass is 16.1. The Hall–Kier alpha value is -2.14. The molecule has 0 saturated heterocycles. The van der Waals surface area contributed by atoms with Crippen molar-refractivity contribution in [3.05, 3.63) is 47.8 Å². The number of aromatic amines is 1. The lowest BCUT2D eigenvalue weighted by Crippen LogP contribution is -2.13. The summed E-state index contributed by atoms with van der Waals surface area (Å²) in [5.41, 5.74) is 7.00. The van der Waals surface area contributed by atoms with Crippen molar-refractivity contribution in [2.75, 3.05) is 5.32 Å². The van der Waals surface area contributed by atoms with E-state index in [1.54, 1.807) is 30.6 Å². The molecule has 0 unspecified atom stereocenters. The molecule has 2 rings (SSSR count). The molecule has 0 atom stereocenters. The molecule has 1 aromatic heterocycles. The number of carbonyl (C=O) groups excluding carboxylic acids is 1. The summed E-state index contributed by atoms with van der Waals surface area (Å²) in [6, 6.07) is 7.18. The van der Waals surface area contributed by atoms with Crippen LogP contribution in [0.25, 0.3) is 0 Å². The van der Waals surface area contributed by atoms with Gasteiger partial charge in [-0.3, -0.25) is 10.1 Å². The van der Waals surface area contributed by atoms with Crippen molar-refractivity contribution in [1.29, 1.82) is 0 Å². The Bertz CT molecular complexity index is 478. The van der Waals surface area contributed by atoms with E-state index in [4.69, 9.17) is 5.73 Å². The summed E-state index contributed by atoms with van der Waals surface area (Å²) in [7, 11) is 0. The topological polar surface area (TPSA) is 83.8 Å². The van der Waals surface area contributed by atoms with Gasteiger partial charge in [0, 0.05) is 24.5 Å². The van der Waals surface area contributed by atoms with Crippen LogP contribution >= 0.6 is 0 Å². The van der Waals surface area contributed by atoms with Gasteiger partial charge in [0.15, 0.2) is 0 Å². The maximum absolute atomic E-state index is 11.8. The van der Waals surface area contributed by atoms with E-state index in [-0.39, 0.29) is 5.91 Å². The largest absolute Gasteiger partial charge is 0.331 e. The fraction of sp³-hybridized carbons (Fsp3) is 0.0909. The Balaban J connectivity index is 2.14. The molecule has 0 bridgehead atoms. The number of benzene rings is 1. The molecule has 5 heteroatoms. The highest BCUT2D eigenvalue weighted by molar-refractivity contribution is 6.03. The number of hydrogen-bond donors (Lipinski definition) is 3. The van der Waals surface area contributed by atoms with Crippen LogP contribution in [0.5, 0.6) is 0 Å². The van der Waals surface area contributed by atoms with E-state index >= 15 is 0 Å². The summed E-state index contributed by atoms with van der Waals surface area (Å²) in [4.78, 5) is 18.5. The fourth-order valence-electron chi connectivity index (χ4n) is 1.35. The van der Waals surface area contributed by atoms with Gasteiger partial charge in [0.1, 0.15) is 0 Å². The summed E-state index contributed by atoms with van der Waals surface area (Å²) in [6.07, 6.45) is 3.22. The van der Waals surface area contributed by atoms with Gasteiger partial charge in [0.25, 0.3) is 5.91 Å². The van der Waals surface area contributed by atoms with Crippen molar-refractivity contribution in [3.63, 3.8) is 0 Å². The normalized spacial score (nSPS) is 10.1. The average molecular weight is 216 g/mol. The highest BCUT2D eigenvalue weighted by Gasteiger charge is 2.07. The molecule has 82 valence electrons. The average Bonchev–Trinajstić information content (AvgIpc) is 2.82. The molecule has 0 aliphatic carbocycles. The predicted octanol–water partition coefficient (Wildman–Crippen LogP) is 1.12. The number of nitrogens with one attached hydrogen (secondary N) is 2. The van der Waals surface area contributed by atoms with Crippen LogP contribution < -0.4 is 11.1 Å². The van der Waals surface area contributed by atoms with Crippen molar-refractivity contribution >= 4 is 11.9 Å². The van der Waals surface area contributed by atoms with Crippen molar-refractivity contribution in [1.82, 2.24) is 9.97 Å². The number of amides is 1. The van der Waals surface area contributed by atoms with Gasteiger partial charge in [-0.2, -0.15) is 0 Å². The zero-order valence-electron chi connectivity index (χ0n) is 8.60. The number of anilines is 1. The van der Waals surface area contributed by atoms with Crippen LogP contribution in [0.4, 0.5) is 5.95 Å². The SMILES string of the molecule is NCc1cccc(C(=O)Nc2ncc[nH]2)c1. The second kappa shape index (κ2) is 4.59. The number of H-pyrrole nitrogens is 1. The molecule has 0 aliphatic rings. The minimum atomic E-state index is -0.203. The molecule has 1 aromatic carbocycles. The Morgan fingerprint density at radius 2 is 2.38 bits per heavy atom. The summed E-state index contributed by atoms with van der Waals surface area (Å²) in [6.45, 7) is 0.419. The third-order valence-electron chi connectivity index (χ3n) is 2.16. The van der Waals surface area contributed by atoms with Crippen molar-refractivity contribution in [2.24, 2.45) is 5.73 Å². The van der Waals surface area contributed by atoms with Gasteiger partial charge in [0.2, 0.25) is 5.95 Å². The highest BCUT2D eigenvalue weighted by Crippen LogP contribution is 2.07. The molecule has 0 saturated carbocycles. The standard InChI is InChI=1S/C11H12N4O/c12-7-8-2-1-3-9(6-8)10(16)15-11-13-4-5-14-11/h1-6H,7,12H2,(H2,13,14,15,16). The van der Waals surface area contributed by atoms with E-state index in [0.717, 1.165) is 5.56 Å². The number of imidazole rings is 1. The van der Waals surface area contributed by atoms with Crippen LogP contribution in [-0.2, 0) is 6.54 Å². The van der Waals surface area contributed by atoms with E-state index in [0.29, 0.717) is 18.1 Å². The van der Waals surface area contributed by atoms with Crippen molar-refractivity contribution < 1.29 is 4.79 Å². The Morgan fingerprint density at radius 3 is 3.06 bits per heavy atom. The molecule has 1 amide bonds. The molecule has 0 aliphatic heterocycles. The first-order chi connectivity index (χ1) is 7.79. The van der Waals surface area contributed by atoms with Gasteiger partial charge in [-0.15, -0.1) is 0 Å². The molecule has 2 aromatic rings. The molecular weight excluding hydrogens is 204 g/mol. The van der Waals surface area contributed by atoms with Gasteiger partial charge < -0.3 is 10.7 Å². The van der Waals surface area contributed by atoms with Gasteiger partial charge in [-0.1, -0.05) is 12.1 Å². The number of carbonyl (C=O) groups is 1. The van der Waals surface area contributed by atoms with Crippen LogP contribution in [-0.4, -0.2) is 15.9 Å². The summed E-state index contributed by atoms with van der Waals surface area (Å²) >= 11 is 0. The number of nitrogens with zero attached hydrogens (tertiary/aromatic N) is 1. The van der Waals surface area contributed by atoms with E-state index in [1.807, 2.05) is 6.07 Å². The van der Waals surface area contributed by atoms with Gasteiger partial charge in [-0.05, 0) is 17.7 Å². The fourth-order valence-corrected chi connectivity index (χ4v) is 1.35. The summed E-state index contributed by atoms with van der Waals surface area (Å²) in [5.74, 6) is 0.230. The molecule has 0 radical (unpaired) electrons. The molecule has 5 nitrogen and oxygen atoms in total.